The summed E-state index contributed by atoms with van der Waals surface area (Å²) >= 11 is 6.11. The second-order valence-corrected chi connectivity index (χ2v) is 7.21. The molecule has 0 spiro atoms. The minimum Gasteiger partial charge on any atom is -0.497 e. The molecule has 3 rings (SSSR count). The van der Waals surface area contributed by atoms with Gasteiger partial charge in [0.05, 0.1) is 18.7 Å². The molecule has 3 aromatic rings. The fourth-order valence-corrected chi connectivity index (χ4v) is 2.95. The van der Waals surface area contributed by atoms with Gasteiger partial charge in [0.2, 0.25) is 0 Å². The molecule has 0 aliphatic rings. The molecule has 0 saturated carbocycles. The summed E-state index contributed by atoms with van der Waals surface area (Å²) in [5.74, 6) is 1.66. The minimum absolute atomic E-state index is 0.222. The highest BCUT2D eigenvalue weighted by atomic mass is 35.5. The Kier molecular flexibility index (Phi) is 7.57. The van der Waals surface area contributed by atoms with Gasteiger partial charge in [0, 0.05) is 5.02 Å². The van der Waals surface area contributed by atoms with Crippen LogP contribution in [0.5, 0.6) is 17.2 Å². The highest BCUT2D eigenvalue weighted by molar-refractivity contribution is 6.31. The number of methoxy groups -OCH3 is 1. The van der Waals surface area contributed by atoms with E-state index in [0.717, 1.165) is 11.3 Å². The van der Waals surface area contributed by atoms with Gasteiger partial charge in [0.15, 0.2) is 0 Å². The summed E-state index contributed by atoms with van der Waals surface area (Å²) in [6.45, 7) is 2.55. The number of carbonyl (C=O) groups is 1. The molecule has 0 aliphatic heterocycles. The van der Waals surface area contributed by atoms with Gasteiger partial charge in [0.1, 0.15) is 30.5 Å². The van der Waals surface area contributed by atoms with Crippen LogP contribution in [0.15, 0.2) is 72.8 Å². The van der Waals surface area contributed by atoms with Gasteiger partial charge >= 0.3 is 0 Å². The molecule has 30 heavy (non-hydrogen) atoms. The number of amides is 1. The third kappa shape index (κ3) is 6.16. The van der Waals surface area contributed by atoms with E-state index in [1.165, 1.54) is 0 Å². The maximum atomic E-state index is 12.8. The summed E-state index contributed by atoms with van der Waals surface area (Å²) in [6, 6.07) is 21.8. The molecule has 1 amide bonds. The van der Waals surface area contributed by atoms with Gasteiger partial charge < -0.3 is 19.5 Å². The van der Waals surface area contributed by atoms with Crippen molar-refractivity contribution in [1.82, 2.24) is 5.32 Å². The van der Waals surface area contributed by atoms with Crippen LogP contribution in [-0.4, -0.2) is 25.7 Å². The highest BCUT2D eigenvalue weighted by Crippen LogP contribution is 2.24. The molecule has 1 atom stereocenters. The molecule has 5 nitrogen and oxygen atoms in total. The van der Waals surface area contributed by atoms with Gasteiger partial charge in [-0.1, -0.05) is 41.9 Å². The molecule has 1 N–H and O–H groups in total. The standard InChI is InChI=1S/C24H24ClNO4/c1-17(15-29-21-11-9-20(28-2)10-12-21)26-24(27)22-14-19(25)8-13-23(22)30-16-18-6-4-3-5-7-18/h3-14,17H,15-16H2,1-2H3,(H,26,27). The molecule has 156 valence electrons. The average molecular weight is 426 g/mol. The van der Waals surface area contributed by atoms with Gasteiger partial charge in [-0.15, -0.1) is 0 Å². The van der Waals surface area contributed by atoms with Gasteiger partial charge in [-0.25, -0.2) is 0 Å². The second kappa shape index (κ2) is 10.6. The fraction of sp³-hybridized carbons (Fsp3) is 0.208. The SMILES string of the molecule is COc1ccc(OCC(C)NC(=O)c2cc(Cl)ccc2OCc2ccccc2)cc1. The topological polar surface area (TPSA) is 56.8 Å². The number of halogens is 1. The summed E-state index contributed by atoms with van der Waals surface area (Å²) in [4.78, 5) is 12.8. The van der Waals surface area contributed by atoms with E-state index in [9.17, 15) is 4.79 Å². The molecule has 0 radical (unpaired) electrons. The molecule has 0 aromatic heterocycles. The molecular weight excluding hydrogens is 402 g/mol. The highest BCUT2D eigenvalue weighted by Gasteiger charge is 2.16. The lowest BCUT2D eigenvalue weighted by Gasteiger charge is -2.17. The summed E-state index contributed by atoms with van der Waals surface area (Å²) in [7, 11) is 1.61. The maximum absolute atomic E-state index is 12.8. The smallest absolute Gasteiger partial charge is 0.255 e. The number of rotatable bonds is 9. The first-order valence-electron chi connectivity index (χ1n) is 9.59. The van der Waals surface area contributed by atoms with Crippen LogP contribution in [0, 0.1) is 0 Å². The molecule has 6 heteroatoms. The number of carbonyl (C=O) groups excluding carboxylic acids is 1. The Balaban J connectivity index is 1.59. The van der Waals surface area contributed by atoms with Crippen LogP contribution in [0.1, 0.15) is 22.8 Å². The van der Waals surface area contributed by atoms with Crippen molar-refractivity contribution in [1.29, 1.82) is 0 Å². The van der Waals surface area contributed by atoms with Crippen molar-refractivity contribution in [2.45, 2.75) is 19.6 Å². The summed E-state index contributed by atoms with van der Waals surface area (Å²) in [5.41, 5.74) is 1.40. The van der Waals surface area contributed by atoms with E-state index >= 15 is 0 Å². The quantitative estimate of drug-likeness (QED) is 0.516. The van der Waals surface area contributed by atoms with E-state index in [-0.39, 0.29) is 11.9 Å². The zero-order valence-electron chi connectivity index (χ0n) is 16.9. The first kappa shape index (κ1) is 21.5. The predicted molar refractivity (Wildman–Crippen MR) is 118 cm³/mol. The van der Waals surface area contributed by atoms with Crippen molar-refractivity contribution >= 4 is 17.5 Å². The van der Waals surface area contributed by atoms with Crippen molar-refractivity contribution in [2.75, 3.05) is 13.7 Å². The number of hydrogen-bond acceptors (Lipinski definition) is 4. The summed E-state index contributed by atoms with van der Waals surface area (Å²) < 4.78 is 16.7. The van der Waals surface area contributed by atoms with Crippen molar-refractivity contribution < 1.29 is 19.0 Å². The first-order chi connectivity index (χ1) is 14.5. The van der Waals surface area contributed by atoms with Crippen molar-refractivity contribution in [3.63, 3.8) is 0 Å². The molecule has 0 heterocycles. The third-order valence-corrected chi connectivity index (χ3v) is 4.60. The van der Waals surface area contributed by atoms with Gasteiger partial charge in [-0.3, -0.25) is 4.79 Å². The monoisotopic (exact) mass is 425 g/mol. The van der Waals surface area contributed by atoms with Crippen LogP contribution in [0.4, 0.5) is 0 Å². The summed E-state index contributed by atoms with van der Waals surface area (Å²) in [6.07, 6.45) is 0. The van der Waals surface area contributed by atoms with E-state index in [0.29, 0.717) is 35.3 Å². The van der Waals surface area contributed by atoms with Crippen LogP contribution in [-0.2, 0) is 6.61 Å². The Morgan fingerprint density at radius 1 is 0.967 bits per heavy atom. The summed E-state index contributed by atoms with van der Waals surface area (Å²) in [5, 5.41) is 3.39. The average Bonchev–Trinajstić information content (AvgIpc) is 2.77. The van der Waals surface area contributed by atoms with Crippen molar-refractivity contribution in [3.05, 3.63) is 88.9 Å². The lowest BCUT2D eigenvalue weighted by molar-refractivity contribution is 0.0922. The maximum Gasteiger partial charge on any atom is 0.255 e. The Bertz CT molecular complexity index is 961. The molecule has 0 bridgehead atoms. The molecule has 0 saturated heterocycles. The molecule has 1 unspecified atom stereocenters. The van der Waals surface area contributed by atoms with Gasteiger partial charge in [0.25, 0.3) is 5.91 Å². The van der Waals surface area contributed by atoms with E-state index in [1.54, 1.807) is 25.3 Å². The van der Waals surface area contributed by atoms with Crippen molar-refractivity contribution in [2.24, 2.45) is 0 Å². The fourth-order valence-electron chi connectivity index (χ4n) is 2.78. The molecular formula is C24H24ClNO4. The Morgan fingerprint density at radius 3 is 2.37 bits per heavy atom. The van der Waals surface area contributed by atoms with Crippen LogP contribution in [0.3, 0.4) is 0 Å². The van der Waals surface area contributed by atoms with Crippen LogP contribution < -0.4 is 19.5 Å². The Labute approximate surface area is 181 Å². The number of benzene rings is 3. The second-order valence-electron chi connectivity index (χ2n) is 6.78. The van der Waals surface area contributed by atoms with E-state index in [2.05, 4.69) is 5.32 Å². The minimum atomic E-state index is -0.272. The molecule has 0 aliphatic carbocycles. The lowest BCUT2D eigenvalue weighted by atomic mass is 10.1. The van der Waals surface area contributed by atoms with E-state index in [1.807, 2.05) is 61.5 Å². The number of hydrogen-bond donors (Lipinski definition) is 1. The van der Waals surface area contributed by atoms with E-state index in [4.69, 9.17) is 25.8 Å². The van der Waals surface area contributed by atoms with Crippen molar-refractivity contribution in [3.8, 4) is 17.2 Å². The molecule has 0 fully saturated rings. The van der Waals surface area contributed by atoms with E-state index < -0.39 is 0 Å². The zero-order valence-corrected chi connectivity index (χ0v) is 17.7. The van der Waals surface area contributed by atoms with Gasteiger partial charge in [-0.2, -0.15) is 0 Å². The predicted octanol–water partition coefficient (Wildman–Crippen LogP) is 5.12. The van der Waals surface area contributed by atoms with Gasteiger partial charge in [-0.05, 0) is 55.0 Å². The normalized spacial score (nSPS) is 11.4. The number of nitrogens with one attached hydrogen (secondary N) is 1. The Morgan fingerprint density at radius 2 is 1.67 bits per heavy atom. The zero-order chi connectivity index (χ0) is 21.3. The van der Waals surface area contributed by atoms with Crippen LogP contribution in [0.2, 0.25) is 5.02 Å². The van der Waals surface area contributed by atoms with Crippen LogP contribution >= 0.6 is 11.6 Å². The molecule has 3 aromatic carbocycles. The van der Waals surface area contributed by atoms with Crippen LogP contribution in [0.25, 0.3) is 0 Å². The lowest BCUT2D eigenvalue weighted by Crippen LogP contribution is -2.37. The Hall–Kier alpha value is -3.18. The number of ether oxygens (including phenoxy) is 3. The largest absolute Gasteiger partial charge is 0.497 e. The third-order valence-electron chi connectivity index (χ3n) is 4.36. The first-order valence-corrected chi connectivity index (χ1v) is 9.97.